The van der Waals surface area contributed by atoms with Crippen LogP contribution >= 0.6 is 12.6 Å². The van der Waals surface area contributed by atoms with Gasteiger partial charge >= 0.3 is 0 Å². The third-order valence-corrected chi connectivity index (χ3v) is 2.67. The van der Waals surface area contributed by atoms with Crippen LogP contribution < -0.4 is 0 Å². The molecule has 0 bridgehead atoms. The molecule has 3 heteroatoms. The van der Waals surface area contributed by atoms with Crippen molar-refractivity contribution in [2.75, 3.05) is 0 Å². The number of rotatable bonds is 2. The Kier molecular flexibility index (Phi) is 3.25. The molecule has 0 saturated carbocycles. The molecule has 0 atom stereocenters. The summed E-state index contributed by atoms with van der Waals surface area (Å²) in [7, 11) is 0. The van der Waals surface area contributed by atoms with Crippen LogP contribution in [0.2, 0.25) is 0 Å². The molecule has 0 fully saturated rings. The van der Waals surface area contributed by atoms with E-state index in [0.29, 0.717) is 11.3 Å². The van der Waals surface area contributed by atoms with Crippen LogP contribution in [-0.4, -0.2) is 0 Å². The number of halogens is 2. The first-order valence-corrected chi connectivity index (χ1v) is 5.32. The Bertz CT molecular complexity index is 492. The van der Waals surface area contributed by atoms with Crippen molar-refractivity contribution in [3.63, 3.8) is 0 Å². The number of hydrogen-bond donors (Lipinski definition) is 1. The molecule has 0 saturated heterocycles. The molecule has 0 spiro atoms. The Morgan fingerprint density at radius 3 is 2.12 bits per heavy atom. The smallest absolute Gasteiger partial charge is 0.136 e. The molecular formula is C13H10F2S. The van der Waals surface area contributed by atoms with E-state index < -0.39 is 0 Å². The molecule has 0 amide bonds. The fourth-order valence-corrected chi connectivity index (χ4v) is 1.75. The molecule has 0 heterocycles. The van der Waals surface area contributed by atoms with Crippen LogP contribution in [0.15, 0.2) is 47.4 Å². The first-order chi connectivity index (χ1) is 7.65. The molecule has 0 N–H and O–H groups in total. The average Bonchev–Trinajstić information content (AvgIpc) is 2.27. The summed E-state index contributed by atoms with van der Waals surface area (Å²) in [6, 6.07) is 11.1. The maximum Gasteiger partial charge on any atom is 0.136 e. The van der Waals surface area contributed by atoms with Crippen molar-refractivity contribution in [2.24, 2.45) is 0 Å². The maximum absolute atomic E-state index is 13.0. The Hall–Kier alpha value is -1.35. The lowest BCUT2D eigenvalue weighted by Crippen LogP contribution is -1.90. The molecule has 16 heavy (non-hydrogen) atoms. The minimum Gasteiger partial charge on any atom is -0.207 e. The molecular weight excluding hydrogens is 226 g/mol. The van der Waals surface area contributed by atoms with Gasteiger partial charge in [-0.2, -0.15) is 0 Å². The van der Waals surface area contributed by atoms with Crippen molar-refractivity contribution in [1.29, 1.82) is 0 Å². The molecule has 0 nitrogen and oxygen atoms in total. The van der Waals surface area contributed by atoms with E-state index in [9.17, 15) is 8.78 Å². The molecule has 0 unspecified atom stereocenters. The predicted molar refractivity (Wildman–Crippen MR) is 62.9 cm³/mol. The molecule has 0 radical (unpaired) electrons. The average molecular weight is 236 g/mol. The van der Waals surface area contributed by atoms with Crippen LogP contribution in [0.4, 0.5) is 8.78 Å². The summed E-state index contributed by atoms with van der Waals surface area (Å²) < 4.78 is 25.6. The second kappa shape index (κ2) is 4.66. The summed E-state index contributed by atoms with van der Waals surface area (Å²) in [6.45, 7) is 0. The van der Waals surface area contributed by atoms with Gasteiger partial charge < -0.3 is 0 Å². The highest BCUT2D eigenvalue weighted by atomic mass is 32.1. The quantitative estimate of drug-likeness (QED) is 0.752. The van der Waals surface area contributed by atoms with Crippen LogP contribution in [0.3, 0.4) is 0 Å². The van der Waals surface area contributed by atoms with E-state index in [-0.39, 0.29) is 11.6 Å². The van der Waals surface area contributed by atoms with Gasteiger partial charge in [-0.25, -0.2) is 8.78 Å². The van der Waals surface area contributed by atoms with Gasteiger partial charge in [-0.3, -0.25) is 0 Å². The molecule has 0 aromatic heterocycles. The van der Waals surface area contributed by atoms with E-state index in [1.807, 2.05) is 0 Å². The Morgan fingerprint density at radius 2 is 1.50 bits per heavy atom. The van der Waals surface area contributed by atoms with Crippen molar-refractivity contribution in [2.45, 2.75) is 11.3 Å². The van der Waals surface area contributed by atoms with E-state index in [1.54, 1.807) is 24.3 Å². The second-order valence-corrected chi connectivity index (χ2v) is 4.07. The van der Waals surface area contributed by atoms with Gasteiger partial charge in [0, 0.05) is 4.90 Å². The number of thiol groups is 1. The van der Waals surface area contributed by atoms with Crippen molar-refractivity contribution in [3.05, 3.63) is 65.2 Å². The van der Waals surface area contributed by atoms with Crippen LogP contribution in [0.25, 0.3) is 0 Å². The lowest BCUT2D eigenvalue weighted by Gasteiger charge is -2.03. The summed E-state index contributed by atoms with van der Waals surface area (Å²) in [4.78, 5) is 0.333. The zero-order valence-corrected chi connectivity index (χ0v) is 9.35. The Labute approximate surface area is 98.3 Å². The highest BCUT2D eigenvalue weighted by molar-refractivity contribution is 7.80. The maximum atomic E-state index is 13.0. The van der Waals surface area contributed by atoms with Gasteiger partial charge in [0.25, 0.3) is 0 Å². The Balaban J connectivity index is 2.20. The van der Waals surface area contributed by atoms with Gasteiger partial charge in [0.05, 0.1) is 0 Å². The van der Waals surface area contributed by atoms with Gasteiger partial charge in [-0.15, -0.1) is 12.6 Å². The van der Waals surface area contributed by atoms with Crippen molar-refractivity contribution >= 4 is 12.6 Å². The largest absolute Gasteiger partial charge is 0.207 e. The van der Waals surface area contributed by atoms with Crippen LogP contribution in [0, 0.1) is 11.6 Å². The summed E-state index contributed by atoms with van der Waals surface area (Å²) in [5.74, 6) is -0.580. The number of benzene rings is 2. The Morgan fingerprint density at radius 1 is 0.875 bits per heavy atom. The number of hydrogen-bond acceptors (Lipinski definition) is 1. The van der Waals surface area contributed by atoms with Gasteiger partial charge in [0.2, 0.25) is 0 Å². The topological polar surface area (TPSA) is 0 Å². The van der Waals surface area contributed by atoms with Crippen LogP contribution in [0.1, 0.15) is 11.1 Å². The second-order valence-electron chi connectivity index (χ2n) is 3.59. The lowest BCUT2D eigenvalue weighted by molar-refractivity contribution is 0.601. The zero-order valence-electron chi connectivity index (χ0n) is 8.45. The van der Waals surface area contributed by atoms with E-state index in [2.05, 4.69) is 12.6 Å². The predicted octanol–water partition coefficient (Wildman–Crippen LogP) is 3.84. The van der Waals surface area contributed by atoms with Gasteiger partial charge in [0.15, 0.2) is 0 Å². The SMILES string of the molecule is Fc1ccc(Cc2ccc(F)c(S)c2)cc1. The molecule has 2 aromatic carbocycles. The fourth-order valence-electron chi connectivity index (χ4n) is 1.51. The van der Waals surface area contributed by atoms with E-state index in [1.165, 1.54) is 18.2 Å². The van der Waals surface area contributed by atoms with Gasteiger partial charge in [-0.1, -0.05) is 18.2 Å². The minimum atomic E-state index is -0.328. The monoisotopic (exact) mass is 236 g/mol. The van der Waals surface area contributed by atoms with Crippen molar-refractivity contribution in [3.8, 4) is 0 Å². The lowest BCUT2D eigenvalue weighted by atomic mass is 10.1. The van der Waals surface area contributed by atoms with Crippen LogP contribution in [-0.2, 0) is 6.42 Å². The van der Waals surface area contributed by atoms with Gasteiger partial charge in [-0.05, 0) is 41.8 Å². The van der Waals surface area contributed by atoms with Crippen molar-refractivity contribution in [1.82, 2.24) is 0 Å². The van der Waals surface area contributed by atoms with Crippen molar-refractivity contribution < 1.29 is 8.78 Å². The van der Waals surface area contributed by atoms with E-state index in [4.69, 9.17) is 0 Å². The molecule has 0 aliphatic heterocycles. The van der Waals surface area contributed by atoms with Gasteiger partial charge in [0.1, 0.15) is 11.6 Å². The summed E-state index contributed by atoms with van der Waals surface area (Å²) >= 11 is 4.02. The third-order valence-electron chi connectivity index (χ3n) is 2.33. The molecule has 82 valence electrons. The minimum absolute atomic E-state index is 0.252. The van der Waals surface area contributed by atoms with E-state index >= 15 is 0 Å². The fraction of sp³-hybridized carbons (Fsp3) is 0.0769. The normalized spacial score (nSPS) is 10.4. The van der Waals surface area contributed by atoms with Crippen LogP contribution in [0.5, 0.6) is 0 Å². The standard InChI is InChI=1S/C13H10F2S/c14-11-4-1-9(2-5-11)7-10-3-6-12(15)13(16)8-10/h1-6,8,16H,7H2. The third kappa shape index (κ3) is 2.61. The molecule has 0 aliphatic carbocycles. The molecule has 0 aliphatic rings. The molecule has 2 rings (SSSR count). The first kappa shape index (κ1) is 11.1. The van der Waals surface area contributed by atoms with E-state index in [0.717, 1.165) is 11.1 Å². The highest BCUT2D eigenvalue weighted by Gasteiger charge is 2.01. The molecule has 2 aromatic rings. The first-order valence-electron chi connectivity index (χ1n) is 4.87. The highest BCUT2D eigenvalue weighted by Crippen LogP contribution is 2.17. The summed E-state index contributed by atoms with van der Waals surface area (Å²) in [5.41, 5.74) is 1.94. The summed E-state index contributed by atoms with van der Waals surface area (Å²) in [6.07, 6.45) is 0.647. The summed E-state index contributed by atoms with van der Waals surface area (Å²) in [5, 5.41) is 0. The zero-order chi connectivity index (χ0) is 11.5.